The molecule has 0 aliphatic rings. The summed E-state index contributed by atoms with van der Waals surface area (Å²) >= 11 is 0. The lowest BCUT2D eigenvalue weighted by Gasteiger charge is -2.26. The predicted octanol–water partition coefficient (Wildman–Crippen LogP) is 17.2. The van der Waals surface area contributed by atoms with E-state index >= 15 is 0 Å². The molecule has 1 heterocycles. The van der Waals surface area contributed by atoms with Gasteiger partial charge < -0.3 is 9.32 Å². The number of para-hydroxylation sites is 1. The molecule has 0 N–H and O–H groups in total. The molecule has 0 bridgehead atoms. The number of hydrogen-bond acceptors (Lipinski definition) is 2. The molecule has 0 spiro atoms. The fraction of sp³-hybridized carbons (Fsp3) is 0. The van der Waals surface area contributed by atoms with Crippen LogP contribution in [0.1, 0.15) is 0 Å². The third kappa shape index (κ3) is 6.29. The summed E-state index contributed by atoms with van der Waals surface area (Å²) in [7, 11) is 0. The molecule has 0 atom stereocenters. The number of hydrogen-bond donors (Lipinski definition) is 0. The largest absolute Gasteiger partial charge is 0.456 e. The van der Waals surface area contributed by atoms with Gasteiger partial charge in [0.25, 0.3) is 0 Å². The van der Waals surface area contributed by atoms with Crippen LogP contribution in [0.3, 0.4) is 0 Å². The Hall–Kier alpha value is -8.20. The van der Waals surface area contributed by atoms with Crippen LogP contribution < -0.4 is 4.90 Å². The Kier molecular flexibility index (Phi) is 8.53. The van der Waals surface area contributed by atoms with Crippen molar-refractivity contribution in [3.8, 4) is 44.5 Å². The van der Waals surface area contributed by atoms with Crippen LogP contribution in [-0.4, -0.2) is 0 Å². The fourth-order valence-corrected chi connectivity index (χ4v) is 9.30. The van der Waals surface area contributed by atoms with Gasteiger partial charge in [-0.25, -0.2) is 0 Å². The molecular formula is C60H39NO. The normalized spacial score (nSPS) is 11.5. The molecule has 0 aliphatic heterocycles. The number of fused-ring (bicyclic) bond motifs is 7. The van der Waals surface area contributed by atoms with E-state index < -0.39 is 0 Å². The molecule has 62 heavy (non-hydrogen) atoms. The Morgan fingerprint density at radius 3 is 1.52 bits per heavy atom. The maximum Gasteiger partial charge on any atom is 0.135 e. The van der Waals surface area contributed by atoms with Gasteiger partial charge in [-0.3, -0.25) is 0 Å². The van der Waals surface area contributed by atoms with Gasteiger partial charge in [0.1, 0.15) is 11.2 Å². The maximum absolute atomic E-state index is 6.18. The first-order chi connectivity index (χ1) is 30.7. The molecule has 0 amide bonds. The second-order valence-electron chi connectivity index (χ2n) is 16.1. The van der Waals surface area contributed by atoms with Crippen molar-refractivity contribution in [3.63, 3.8) is 0 Å². The Bertz CT molecular complexity index is 3610. The van der Waals surface area contributed by atoms with E-state index in [1.54, 1.807) is 0 Å². The van der Waals surface area contributed by atoms with Gasteiger partial charge in [0.2, 0.25) is 0 Å². The summed E-state index contributed by atoms with van der Waals surface area (Å²) in [4.78, 5) is 2.36. The summed E-state index contributed by atoms with van der Waals surface area (Å²) in [6.07, 6.45) is 0. The highest BCUT2D eigenvalue weighted by Gasteiger charge is 2.16. The average molecular weight is 790 g/mol. The minimum absolute atomic E-state index is 0.899. The first-order valence-corrected chi connectivity index (χ1v) is 21.2. The highest BCUT2D eigenvalue weighted by Crippen LogP contribution is 2.40. The van der Waals surface area contributed by atoms with Crippen molar-refractivity contribution in [3.05, 3.63) is 237 Å². The lowest BCUT2D eigenvalue weighted by Crippen LogP contribution is -2.10. The molecule has 0 radical (unpaired) electrons. The SMILES string of the molecule is c1cc(-c2ccc3oc4ccccc4c3c2)cc(N(c2ccc(-c3ccc(-c4cccc5ccccc45)cc3)cc2)c2ccc(-c3ccc4c(ccc5ccccc54)c3)cc2)c1. The van der Waals surface area contributed by atoms with E-state index in [4.69, 9.17) is 4.42 Å². The third-order valence-electron chi connectivity index (χ3n) is 12.5. The number of nitrogens with zero attached hydrogens (tertiary/aromatic N) is 1. The van der Waals surface area contributed by atoms with Crippen LogP contribution in [0.4, 0.5) is 17.1 Å². The number of anilines is 3. The molecule has 0 aliphatic carbocycles. The third-order valence-corrected chi connectivity index (χ3v) is 12.5. The van der Waals surface area contributed by atoms with E-state index in [1.807, 2.05) is 12.1 Å². The molecule has 12 rings (SSSR count). The molecule has 2 heteroatoms. The van der Waals surface area contributed by atoms with Crippen molar-refractivity contribution in [1.82, 2.24) is 0 Å². The van der Waals surface area contributed by atoms with Crippen LogP contribution in [0.5, 0.6) is 0 Å². The van der Waals surface area contributed by atoms with E-state index in [0.29, 0.717) is 0 Å². The highest BCUT2D eigenvalue weighted by atomic mass is 16.3. The van der Waals surface area contributed by atoms with E-state index in [1.165, 1.54) is 65.7 Å². The molecule has 0 unspecified atom stereocenters. The van der Waals surface area contributed by atoms with Crippen LogP contribution in [0, 0.1) is 0 Å². The number of benzene rings is 11. The predicted molar refractivity (Wildman–Crippen MR) is 263 cm³/mol. The van der Waals surface area contributed by atoms with Gasteiger partial charge in [0, 0.05) is 27.8 Å². The molecule has 0 saturated heterocycles. The van der Waals surface area contributed by atoms with Gasteiger partial charge in [-0.05, 0) is 137 Å². The van der Waals surface area contributed by atoms with Gasteiger partial charge in [-0.2, -0.15) is 0 Å². The van der Waals surface area contributed by atoms with E-state index in [2.05, 4.69) is 229 Å². The number of rotatable bonds is 7. The van der Waals surface area contributed by atoms with Crippen LogP contribution >= 0.6 is 0 Å². The summed E-state index contributed by atoms with van der Waals surface area (Å²) < 4.78 is 6.18. The van der Waals surface area contributed by atoms with Gasteiger partial charge in [-0.1, -0.05) is 176 Å². The van der Waals surface area contributed by atoms with Crippen LogP contribution in [-0.2, 0) is 0 Å². The quantitative estimate of drug-likeness (QED) is 0.150. The van der Waals surface area contributed by atoms with Gasteiger partial charge in [0.05, 0.1) is 0 Å². The zero-order valence-electron chi connectivity index (χ0n) is 33.9. The minimum Gasteiger partial charge on any atom is -0.456 e. The fourth-order valence-electron chi connectivity index (χ4n) is 9.30. The lowest BCUT2D eigenvalue weighted by molar-refractivity contribution is 0.669. The van der Waals surface area contributed by atoms with Crippen molar-refractivity contribution < 1.29 is 4.42 Å². The van der Waals surface area contributed by atoms with Crippen LogP contribution in [0.15, 0.2) is 241 Å². The second kappa shape index (κ2) is 14.8. The molecule has 2 nitrogen and oxygen atoms in total. The Balaban J connectivity index is 0.912. The Morgan fingerprint density at radius 2 is 0.742 bits per heavy atom. The molecule has 1 aromatic heterocycles. The van der Waals surface area contributed by atoms with Crippen molar-refractivity contribution in [2.24, 2.45) is 0 Å². The molecule has 290 valence electrons. The van der Waals surface area contributed by atoms with Crippen molar-refractivity contribution in [2.45, 2.75) is 0 Å². The van der Waals surface area contributed by atoms with Gasteiger partial charge in [-0.15, -0.1) is 0 Å². The monoisotopic (exact) mass is 789 g/mol. The molecule has 0 fully saturated rings. The smallest absolute Gasteiger partial charge is 0.135 e. The summed E-state index contributed by atoms with van der Waals surface area (Å²) in [5.74, 6) is 0. The summed E-state index contributed by atoms with van der Waals surface area (Å²) in [5, 5.41) is 9.85. The van der Waals surface area contributed by atoms with Crippen LogP contribution in [0.2, 0.25) is 0 Å². The van der Waals surface area contributed by atoms with Crippen molar-refractivity contribution in [2.75, 3.05) is 4.90 Å². The van der Waals surface area contributed by atoms with E-state index in [9.17, 15) is 0 Å². The van der Waals surface area contributed by atoms with Crippen molar-refractivity contribution in [1.29, 1.82) is 0 Å². The minimum atomic E-state index is 0.899. The molecule has 0 saturated carbocycles. The topological polar surface area (TPSA) is 16.4 Å². The van der Waals surface area contributed by atoms with E-state index in [0.717, 1.165) is 50.1 Å². The average Bonchev–Trinajstić information content (AvgIpc) is 3.72. The molecular weight excluding hydrogens is 751 g/mol. The second-order valence-corrected chi connectivity index (χ2v) is 16.1. The summed E-state index contributed by atoms with van der Waals surface area (Å²) in [6, 6.07) is 85.6. The van der Waals surface area contributed by atoms with Crippen molar-refractivity contribution >= 4 is 71.3 Å². The Morgan fingerprint density at radius 1 is 0.242 bits per heavy atom. The first-order valence-electron chi connectivity index (χ1n) is 21.2. The Labute approximate surface area is 360 Å². The molecule has 12 aromatic rings. The maximum atomic E-state index is 6.18. The summed E-state index contributed by atoms with van der Waals surface area (Å²) in [6.45, 7) is 0. The van der Waals surface area contributed by atoms with E-state index in [-0.39, 0.29) is 0 Å². The standard InChI is InChI=1S/C60H39NO/c1-3-14-53-43(9-1)11-8-17-55(53)45-21-19-40(20-22-45)41-25-31-50(32-26-41)61(52-13-7-12-46(38-52)48-30-36-60-58(39-48)57-16-5-6-18-59(57)62-60)51-33-27-42(28-34-51)47-29-35-56-49(37-47)24-23-44-10-2-4-15-54(44)56/h1-39H. The zero-order valence-corrected chi connectivity index (χ0v) is 33.9. The number of furan rings is 1. The van der Waals surface area contributed by atoms with Gasteiger partial charge >= 0.3 is 0 Å². The molecule has 11 aromatic carbocycles. The van der Waals surface area contributed by atoms with Gasteiger partial charge in [0.15, 0.2) is 0 Å². The highest BCUT2D eigenvalue weighted by molar-refractivity contribution is 6.09. The first kappa shape index (κ1) is 35.7. The van der Waals surface area contributed by atoms with Crippen LogP contribution in [0.25, 0.3) is 98.8 Å². The zero-order chi connectivity index (χ0) is 41.0. The summed E-state index contributed by atoms with van der Waals surface area (Å²) in [5.41, 5.74) is 14.5. The lowest BCUT2D eigenvalue weighted by atomic mass is 9.96.